The van der Waals surface area contributed by atoms with Gasteiger partial charge in [0.25, 0.3) is 0 Å². The van der Waals surface area contributed by atoms with Gasteiger partial charge >= 0.3 is 0 Å². The lowest BCUT2D eigenvalue weighted by Gasteiger charge is -2.34. The minimum atomic E-state index is 0.0369. The van der Waals surface area contributed by atoms with E-state index < -0.39 is 0 Å². The summed E-state index contributed by atoms with van der Waals surface area (Å²) in [6.07, 6.45) is 0. The molecular formula is C21H26ClN3O. The van der Waals surface area contributed by atoms with E-state index in [9.17, 15) is 4.79 Å². The molecule has 2 aromatic carbocycles. The molecule has 4 nitrogen and oxygen atoms in total. The Bertz CT molecular complexity index is 697. The first-order valence-corrected chi connectivity index (χ1v) is 9.51. The predicted molar refractivity (Wildman–Crippen MR) is 106 cm³/mol. The first-order valence-electron chi connectivity index (χ1n) is 9.13. The van der Waals surface area contributed by atoms with E-state index in [0.717, 1.165) is 43.3 Å². The fourth-order valence-corrected chi connectivity index (χ4v) is 3.39. The second-order valence-corrected chi connectivity index (χ2v) is 7.32. The molecule has 0 aliphatic carbocycles. The van der Waals surface area contributed by atoms with Gasteiger partial charge in [0.05, 0.1) is 12.6 Å². The maximum atomic E-state index is 12.3. The van der Waals surface area contributed by atoms with E-state index in [0.29, 0.717) is 6.54 Å². The number of rotatable bonds is 6. The molecule has 0 aromatic heterocycles. The Balaban J connectivity index is 1.40. The molecule has 1 aliphatic rings. The van der Waals surface area contributed by atoms with Crippen molar-refractivity contribution in [1.29, 1.82) is 0 Å². The van der Waals surface area contributed by atoms with Crippen LogP contribution in [-0.2, 0) is 11.3 Å². The number of piperazine rings is 1. The van der Waals surface area contributed by atoms with Crippen molar-refractivity contribution >= 4 is 17.5 Å². The van der Waals surface area contributed by atoms with E-state index in [1.54, 1.807) is 0 Å². The van der Waals surface area contributed by atoms with Crippen molar-refractivity contribution in [3.05, 3.63) is 70.7 Å². The SMILES string of the molecule is C[C@H](NC(=O)CN1CCN(Cc2ccc(Cl)cc2)CC1)c1ccccc1. The highest BCUT2D eigenvalue weighted by Gasteiger charge is 2.19. The van der Waals surface area contributed by atoms with Gasteiger partial charge in [0.2, 0.25) is 5.91 Å². The second kappa shape index (κ2) is 9.17. The van der Waals surface area contributed by atoms with Crippen LogP contribution in [0, 0.1) is 0 Å². The number of carbonyl (C=O) groups is 1. The summed E-state index contributed by atoms with van der Waals surface area (Å²) < 4.78 is 0. The summed E-state index contributed by atoms with van der Waals surface area (Å²) in [4.78, 5) is 17.0. The Morgan fingerprint density at radius 3 is 2.27 bits per heavy atom. The lowest BCUT2D eigenvalue weighted by molar-refractivity contribution is -0.123. The van der Waals surface area contributed by atoms with Gasteiger partial charge in [-0.2, -0.15) is 0 Å². The highest BCUT2D eigenvalue weighted by atomic mass is 35.5. The van der Waals surface area contributed by atoms with Gasteiger partial charge in [0, 0.05) is 37.7 Å². The molecular weight excluding hydrogens is 346 g/mol. The molecule has 0 spiro atoms. The zero-order chi connectivity index (χ0) is 18.4. The van der Waals surface area contributed by atoms with Crippen LogP contribution in [0.2, 0.25) is 5.02 Å². The van der Waals surface area contributed by atoms with Crippen LogP contribution in [-0.4, -0.2) is 48.4 Å². The number of hydrogen-bond acceptors (Lipinski definition) is 3. The van der Waals surface area contributed by atoms with E-state index >= 15 is 0 Å². The Morgan fingerprint density at radius 2 is 1.62 bits per heavy atom. The molecule has 1 aliphatic heterocycles. The summed E-state index contributed by atoms with van der Waals surface area (Å²) >= 11 is 5.94. The van der Waals surface area contributed by atoms with Crippen molar-refractivity contribution in [2.45, 2.75) is 19.5 Å². The fourth-order valence-electron chi connectivity index (χ4n) is 3.27. The van der Waals surface area contributed by atoms with Crippen LogP contribution in [0.1, 0.15) is 24.1 Å². The van der Waals surface area contributed by atoms with Crippen molar-refractivity contribution in [3.8, 4) is 0 Å². The molecule has 1 N–H and O–H groups in total. The van der Waals surface area contributed by atoms with Gasteiger partial charge in [0.15, 0.2) is 0 Å². The van der Waals surface area contributed by atoms with Gasteiger partial charge in [-0.3, -0.25) is 14.6 Å². The van der Waals surface area contributed by atoms with Gasteiger partial charge in [-0.25, -0.2) is 0 Å². The van der Waals surface area contributed by atoms with Crippen LogP contribution in [0.4, 0.5) is 0 Å². The van der Waals surface area contributed by atoms with Crippen LogP contribution in [0.5, 0.6) is 0 Å². The van der Waals surface area contributed by atoms with Crippen molar-refractivity contribution < 1.29 is 4.79 Å². The Hall–Kier alpha value is -1.88. The highest BCUT2D eigenvalue weighted by molar-refractivity contribution is 6.30. The summed E-state index contributed by atoms with van der Waals surface area (Å²) in [6, 6.07) is 18.1. The lowest BCUT2D eigenvalue weighted by Crippen LogP contribution is -2.49. The monoisotopic (exact) mass is 371 g/mol. The minimum absolute atomic E-state index is 0.0369. The number of benzene rings is 2. The van der Waals surface area contributed by atoms with Gasteiger partial charge in [-0.15, -0.1) is 0 Å². The quantitative estimate of drug-likeness (QED) is 0.846. The number of nitrogens with one attached hydrogen (secondary N) is 1. The van der Waals surface area contributed by atoms with E-state index in [1.807, 2.05) is 49.4 Å². The number of carbonyl (C=O) groups excluding carboxylic acids is 1. The van der Waals surface area contributed by atoms with E-state index in [1.165, 1.54) is 5.56 Å². The second-order valence-electron chi connectivity index (χ2n) is 6.88. The molecule has 5 heteroatoms. The van der Waals surface area contributed by atoms with Crippen LogP contribution < -0.4 is 5.32 Å². The van der Waals surface area contributed by atoms with Crippen molar-refractivity contribution in [2.75, 3.05) is 32.7 Å². The molecule has 138 valence electrons. The molecule has 0 unspecified atom stereocenters. The molecule has 26 heavy (non-hydrogen) atoms. The molecule has 3 rings (SSSR count). The van der Waals surface area contributed by atoms with Crippen LogP contribution >= 0.6 is 11.6 Å². The highest BCUT2D eigenvalue weighted by Crippen LogP contribution is 2.13. The standard InChI is InChI=1S/C21H26ClN3O/c1-17(19-5-3-2-4-6-19)23-21(26)16-25-13-11-24(12-14-25)15-18-7-9-20(22)10-8-18/h2-10,17H,11-16H2,1H3,(H,23,26)/t17-/m0/s1. The molecule has 0 bridgehead atoms. The summed E-state index contributed by atoms with van der Waals surface area (Å²) in [5, 5.41) is 3.87. The Kier molecular flexibility index (Phi) is 6.67. The zero-order valence-corrected chi connectivity index (χ0v) is 16.0. The summed E-state index contributed by atoms with van der Waals surface area (Å²) in [5.74, 6) is 0.0903. The molecule has 2 aromatic rings. The summed E-state index contributed by atoms with van der Waals surface area (Å²) in [6.45, 7) is 7.21. The fraction of sp³-hybridized carbons (Fsp3) is 0.381. The number of amides is 1. The third-order valence-corrected chi connectivity index (χ3v) is 5.08. The van der Waals surface area contributed by atoms with Crippen molar-refractivity contribution in [1.82, 2.24) is 15.1 Å². The molecule has 1 heterocycles. The molecule has 1 saturated heterocycles. The lowest BCUT2D eigenvalue weighted by atomic mass is 10.1. The van der Waals surface area contributed by atoms with Gasteiger partial charge < -0.3 is 5.32 Å². The first-order chi connectivity index (χ1) is 12.6. The topological polar surface area (TPSA) is 35.6 Å². The van der Waals surface area contributed by atoms with Crippen molar-refractivity contribution in [2.24, 2.45) is 0 Å². The van der Waals surface area contributed by atoms with E-state index in [4.69, 9.17) is 11.6 Å². The van der Waals surface area contributed by atoms with Crippen LogP contribution in [0.3, 0.4) is 0 Å². The average Bonchev–Trinajstić information content (AvgIpc) is 2.66. The number of halogens is 1. The van der Waals surface area contributed by atoms with Gasteiger partial charge in [-0.1, -0.05) is 54.1 Å². The maximum Gasteiger partial charge on any atom is 0.234 e. The van der Waals surface area contributed by atoms with E-state index in [-0.39, 0.29) is 11.9 Å². The Labute approximate surface area is 160 Å². The molecule has 1 fully saturated rings. The Morgan fingerprint density at radius 1 is 1.00 bits per heavy atom. The molecule has 1 amide bonds. The van der Waals surface area contributed by atoms with Crippen LogP contribution in [0.15, 0.2) is 54.6 Å². The average molecular weight is 372 g/mol. The number of hydrogen-bond donors (Lipinski definition) is 1. The molecule has 1 atom stereocenters. The summed E-state index contributed by atoms with van der Waals surface area (Å²) in [7, 11) is 0. The van der Waals surface area contributed by atoms with Crippen molar-refractivity contribution in [3.63, 3.8) is 0 Å². The summed E-state index contributed by atoms with van der Waals surface area (Å²) in [5.41, 5.74) is 2.41. The first kappa shape index (κ1) is 18.9. The normalized spacial score (nSPS) is 17.0. The third kappa shape index (κ3) is 5.56. The molecule has 0 saturated carbocycles. The zero-order valence-electron chi connectivity index (χ0n) is 15.2. The third-order valence-electron chi connectivity index (χ3n) is 4.83. The van der Waals surface area contributed by atoms with Crippen LogP contribution in [0.25, 0.3) is 0 Å². The molecule has 0 radical (unpaired) electrons. The van der Waals surface area contributed by atoms with Gasteiger partial charge in [-0.05, 0) is 30.2 Å². The van der Waals surface area contributed by atoms with Gasteiger partial charge in [0.1, 0.15) is 0 Å². The van der Waals surface area contributed by atoms with E-state index in [2.05, 4.69) is 27.2 Å². The maximum absolute atomic E-state index is 12.3. The minimum Gasteiger partial charge on any atom is -0.348 e. The smallest absolute Gasteiger partial charge is 0.234 e. The number of nitrogens with zero attached hydrogens (tertiary/aromatic N) is 2. The largest absolute Gasteiger partial charge is 0.348 e. The predicted octanol–water partition coefficient (Wildman–Crippen LogP) is 3.34.